The van der Waals surface area contributed by atoms with Crippen molar-refractivity contribution in [1.29, 1.82) is 0 Å². The van der Waals surface area contributed by atoms with Crippen molar-refractivity contribution in [3.8, 4) is 0 Å². The number of para-hydroxylation sites is 2. The van der Waals surface area contributed by atoms with E-state index in [0.29, 0.717) is 5.92 Å². The minimum Gasteiger partial charge on any atom is -0.381 e. The van der Waals surface area contributed by atoms with Crippen LogP contribution in [0.15, 0.2) is 30.6 Å². The van der Waals surface area contributed by atoms with Crippen molar-refractivity contribution in [2.45, 2.75) is 13.0 Å². The molecule has 2 aromatic rings. The summed E-state index contributed by atoms with van der Waals surface area (Å²) in [5, 5.41) is 3.50. The van der Waals surface area contributed by atoms with E-state index in [1.54, 1.807) is 0 Å². The number of ether oxygens (including phenoxy) is 1. The summed E-state index contributed by atoms with van der Waals surface area (Å²) in [5.74, 6) is 0.699. The Morgan fingerprint density at radius 1 is 1.39 bits per heavy atom. The first-order chi connectivity index (χ1) is 8.93. The SMILES string of the molecule is c1ccc2c(c1)ncn2CCNCC1CCOC1. The zero-order chi connectivity index (χ0) is 12.2. The lowest BCUT2D eigenvalue weighted by Gasteiger charge is -2.10. The van der Waals surface area contributed by atoms with Crippen LogP contribution in [-0.2, 0) is 11.3 Å². The van der Waals surface area contributed by atoms with Gasteiger partial charge in [0, 0.05) is 26.2 Å². The quantitative estimate of drug-likeness (QED) is 0.814. The van der Waals surface area contributed by atoms with E-state index < -0.39 is 0 Å². The third-order valence-corrected chi connectivity index (χ3v) is 3.51. The highest BCUT2D eigenvalue weighted by molar-refractivity contribution is 5.74. The molecule has 1 aliphatic heterocycles. The van der Waals surface area contributed by atoms with Crippen molar-refractivity contribution >= 4 is 11.0 Å². The fourth-order valence-electron chi connectivity index (χ4n) is 2.44. The van der Waals surface area contributed by atoms with E-state index in [4.69, 9.17) is 4.74 Å². The third-order valence-electron chi connectivity index (χ3n) is 3.51. The lowest BCUT2D eigenvalue weighted by molar-refractivity contribution is 0.185. The average Bonchev–Trinajstić information content (AvgIpc) is 3.04. The number of hydrogen-bond acceptors (Lipinski definition) is 3. The molecule has 2 heterocycles. The second-order valence-corrected chi connectivity index (χ2v) is 4.86. The topological polar surface area (TPSA) is 39.1 Å². The highest BCUT2D eigenvalue weighted by Crippen LogP contribution is 2.12. The van der Waals surface area contributed by atoms with Crippen LogP contribution in [0.4, 0.5) is 0 Å². The number of nitrogens with one attached hydrogen (secondary N) is 1. The van der Waals surface area contributed by atoms with Crippen molar-refractivity contribution in [3.63, 3.8) is 0 Å². The zero-order valence-electron chi connectivity index (χ0n) is 10.5. The van der Waals surface area contributed by atoms with Crippen molar-refractivity contribution < 1.29 is 4.74 Å². The molecule has 4 heteroatoms. The summed E-state index contributed by atoms with van der Waals surface area (Å²) in [5.41, 5.74) is 2.28. The first-order valence-corrected chi connectivity index (χ1v) is 6.62. The minimum atomic E-state index is 0.699. The molecule has 96 valence electrons. The van der Waals surface area contributed by atoms with Gasteiger partial charge in [0.25, 0.3) is 0 Å². The smallest absolute Gasteiger partial charge is 0.0958 e. The van der Waals surface area contributed by atoms with Crippen molar-refractivity contribution in [1.82, 2.24) is 14.9 Å². The van der Waals surface area contributed by atoms with Gasteiger partial charge in [0.1, 0.15) is 0 Å². The van der Waals surface area contributed by atoms with Gasteiger partial charge in [-0.3, -0.25) is 0 Å². The number of rotatable bonds is 5. The first-order valence-electron chi connectivity index (χ1n) is 6.62. The molecule has 0 bridgehead atoms. The molecule has 0 amide bonds. The van der Waals surface area contributed by atoms with Gasteiger partial charge in [0.05, 0.1) is 24.0 Å². The highest BCUT2D eigenvalue weighted by atomic mass is 16.5. The summed E-state index contributed by atoms with van der Waals surface area (Å²) in [6.07, 6.45) is 3.12. The Kier molecular flexibility index (Phi) is 3.57. The molecule has 1 aromatic heterocycles. The molecule has 0 spiro atoms. The van der Waals surface area contributed by atoms with E-state index in [2.05, 4.69) is 33.1 Å². The van der Waals surface area contributed by atoms with Crippen LogP contribution >= 0.6 is 0 Å². The van der Waals surface area contributed by atoms with Crippen LogP contribution in [0.5, 0.6) is 0 Å². The van der Waals surface area contributed by atoms with Gasteiger partial charge in [-0.05, 0) is 24.5 Å². The molecule has 0 radical (unpaired) electrons. The van der Waals surface area contributed by atoms with Crippen LogP contribution in [0.1, 0.15) is 6.42 Å². The van der Waals surface area contributed by atoms with E-state index >= 15 is 0 Å². The van der Waals surface area contributed by atoms with Crippen LogP contribution in [0.2, 0.25) is 0 Å². The van der Waals surface area contributed by atoms with Crippen LogP contribution in [0, 0.1) is 5.92 Å². The largest absolute Gasteiger partial charge is 0.381 e. The predicted molar refractivity (Wildman–Crippen MR) is 71.5 cm³/mol. The summed E-state index contributed by atoms with van der Waals surface area (Å²) in [4.78, 5) is 4.39. The Hall–Kier alpha value is -1.39. The molecule has 0 aliphatic carbocycles. The fraction of sp³-hybridized carbons (Fsp3) is 0.500. The molecular formula is C14H19N3O. The number of imidazole rings is 1. The number of hydrogen-bond donors (Lipinski definition) is 1. The van der Waals surface area contributed by atoms with E-state index in [9.17, 15) is 0 Å². The Balaban J connectivity index is 1.50. The van der Waals surface area contributed by atoms with Gasteiger partial charge < -0.3 is 14.6 Å². The van der Waals surface area contributed by atoms with E-state index in [-0.39, 0.29) is 0 Å². The number of fused-ring (bicyclic) bond motifs is 1. The highest BCUT2D eigenvalue weighted by Gasteiger charge is 2.14. The second-order valence-electron chi connectivity index (χ2n) is 4.86. The minimum absolute atomic E-state index is 0.699. The van der Waals surface area contributed by atoms with Gasteiger partial charge in [-0.15, -0.1) is 0 Å². The van der Waals surface area contributed by atoms with Gasteiger partial charge in [-0.1, -0.05) is 12.1 Å². The van der Waals surface area contributed by atoms with Crippen molar-refractivity contribution in [2.75, 3.05) is 26.3 Å². The first kappa shape index (κ1) is 11.7. The zero-order valence-corrected chi connectivity index (χ0v) is 10.5. The molecule has 4 nitrogen and oxygen atoms in total. The molecule has 1 atom stereocenters. The molecule has 1 aromatic carbocycles. The van der Waals surface area contributed by atoms with E-state index in [0.717, 1.165) is 38.4 Å². The Labute approximate surface area is 107 Å². The Morgan fingerprint density at radius 3 is 3.22 bits per heavy atom. The molecule has 1 N–H and O–H groups in total. The summed E-state index contributed by atoms with van der Waals surface area (Å²) in [7, 11) is 0. The summed E-state index contributed by atoms with van der Waals surface area (Å²) < 4.78 is 7.56. The standard InChI is InChI=1S/C14H19N3O/c1-2-4-14-13(3-1)16-11-17(14)7-6-15-9-12-5-8-18-10-12/h1-4,11-12,15H,5-10H2. The fourth-order valence-corrected chi connectivity index (χ4v) is 2.44. The van der Waals surface area contributed by atoms with E-state index in [1.165, 1.54) is 11.9 Å². The second kappa shape index (κ2) is 5.50. The Bertz CT molecular complexity index is 502. The molecule has 3 rings (SSSR count). The number of aromatic nitrogens is 2. The molecule has 1 saturated heterocycles. The third kappa shape index (κ3) is 2.54. The number of benzene rings is 1. The average molecular weight is 245 g/mol. The van der Waals surface area contributed by atoms with Crippen molar-refractivity contribution in [2.24, 2.45) is 5.92 Å². The Morgan fingerprint density at radius 2 is 2.33 bits per heavy atom. The van der Waals surface area contributed by atoms with Gasteiger partial charge in [-0.25, -0.2) is 4.98 Å². The van der Waals surface area contributed by atoms with Gasteiger partial charge in [-0.2, -0.15) is 0 Å². The van der Waals surface area contributed by atoms with Gasteiger partial charge in [0.2, 0.25) is 0 Å². The molecule has 1 unspecified atom stereocenters. The van der Waals surface area contributed by atoms with Crippen LogP contribution in [0.25, 0.3) is 11.0 Å². The van der Waals surface area contributed by atoms with Crippen LogP contribution in [-0.4, -0.2) is 35.9 Å². The molecule has 1 fully saturated rings. The van der Waals surface area contributed by atoms with Crippen molar-refractivity contribution in [3.05, 3.63) is 30.6 Å². The molecular weight excluding hydrogens is 226 g/mol. The molecule has 0 saturated carbocycles. The lowest BCUT2D eigenvalue weighted by atomic mass is 10.1. The van der Waals surface area contributed by atoms with Crippen LogP contribution in [0.3, 0.4) is 0 Å². The van der Waals surface area contributed by atoms with Gasteiger partial charge in [0.15, 0.2) is 0 Å². The van der Waals surface area contributed by atoms with Crippen LogP contribution < -0.4 is 5.32 Å². The normalized spacial score (nSPS) is 19.7. The lowest BCUT2D eigenvalue weighted by Crippen LogP contribution is -2.26. The van der Waals surface area contributed by atoms with Gasteiger partial charge >= 0.3 is 0 Å². The maximum atomic E-state index is 5.36. The maximum Gasteiger partial charge on any atom is 0.0958 e. The molecule has 18 heavy (non-hydrogen) atoms. The summed E-state index contributed by atoms with van der Waals surface area (Å²) >= 11 is 0. The number of nitrogens with zero attached hydrogens (tertiary/aromatic N) is 2. The monoisotopic (exact) mass is 245 g/mol. The summed E-state index contributed by atoms with van der Waals surface area (Å²) in [6.45, 7) is 4.86. The van der Waals surface area contributed by atoms with E-state index in [1.807, 2.05) is 12.4 Å². The summed E-state index contributed by atoms with van der Waals surface area (Å²) in [6, 6.07) is 8.25. The molecule has 1 aliphatic rings. The predicted octanol–water partition coefficient (Wildman–Crippen LogP) is 1.66. The maximum absolute atomic E-state index is 5.36.